The van der Waals surface area contributed by atoms with Crippen molar-refractivity contribution in [3.63, 3.8) is 0 Å². The van der Waals surface area contributed by atoms with E-state index in [-0.39, 0.29) is 23.8 Å². The molecule has 0 aliphatic heterocycles. The minimum atomic E-state index is -4.38. The van der Waals surface area contributed by atoms with E-state index >= 15 is 0 Å². The quantitative estimate of drug-likeness (QED) is 0.701. The highest BCUT2D eigenvalue weighted by molar-refractivity contribution is 6.04. The average molecular weight is 403 g/mol. The van der Waals surface area contributed by atoms with Crippen molar-refractivity contribution in [1.82, 2.24) is 15.1 Å². The zero-order valence-electron chi connectivity index (χ0n) is 16.0. The molecule has 0 radical (unpaired) electrons. The number of fused-ring (bicyclic) bond motifs is 1. The molecule has 1 N–H and O–H groups in total. The summed E-state index contributed by atoms with van der Waals surface area (Å²) < 4.78 is 39.1. The highest BCUT2D eigenvalue weighted by Crippen LogP contribution is 2.29. The second kappa shape index (κ2) is 8.06. The van der Waals surface area contributed by atoms with Crippen LogP contribution in [0.5, 0.6) is 0 Å². The first-order valence-corrected chi connectivity index (χ1v) is 9.14. The van der Waals surface area contributed by atoms with Crippen LogP contribution in [0.25, 0.3) is 10.8 Å². The molecule has 0 spiro atoms. The first kappa shape index (κ1) is 20.6. The summed E-state index contributed by atoms with van der Waals surface area (Å²) in [4.78, 5) is 25.2. The minimum absolute atomic E-state index is 0.140. The predicted octanol–water partition coefficient (Wildman–Crippen LogP) is 3.97. The van der Waals surface area contributed by atoms with E-state index in [1.54, 1.807) is 38.1 Å². The Hall–Kier alpha value is -3.16. The molecule has 29 heavy (non-hydrogen) atoms. The molecule has 0 fully saturated rings. The number of carbonyl (C=O) groups excluding carboxylic acids is 1. The first-order valence-electron chi connectivity index (χ1n) is 9.14. The van der Waals surface area contributed by atoms with E-state index in [9.17, 15) is 22.8 Å². The fraction of sp³-hybridized carbons (Fsp3) is 0.286. The Balaban J connectivity index is 1.77. The number of amides is 1. The lowest BCUT2D eigenvalue weighted by Gasteiger charge is -2.13. The van der Waals surface area contributed by atoms with Gasteiger partial charge in [-0.3, -0.25) is 9.59 Å². The van der Waals surface area contributed by atoms with Gasteiger partial charge in [0.25, 0.3) is 11.5 Å². The molecule has 1 heterocycles. The molecule has 0 saturated heterocycles. The van der Waals surface area contributed by atoms with Gasteiger partial charge in [-0.05, 0) is 44.0 Å². The van der Waals surface area contributed by atoms with Crippen molar-refractivity contribution in [1.29, 1.82) is 0 Å². The lowest BCUT2D eigenvalue weighted by molar-refractivity contribution is -0.137. The molecule has 0 aliphatic rings. The Kier molecular flexibility index (Phi) is 5.72. The third kappa shape index (κ3) is 4.47. The van der Waals surface area contributed by atoms with Crippen LogP contribution in [0.1, 0.15) is 41.5 Å². The highest BCUT2D eigenvalue weighted by atomic mass is 19.4. The molecule has 5 nitrogen and oxygen atoms in total. The first-order chi connectivity index (χ1) is 13.7. The third-order valence-electron chi connectivity index (χ3n) is 4.51. The van der Waals surface area contributed by atoms with Crippen molar-refractivity contribution >= 4 is 16.7 Å². The second-order valence-electron chi connectivity index (χ2n) is 6.94. The van der Waals surface area contributed by atoms with Crippen molar-refractivity contribution in [3.8, 4) is 0 Å². The van der Waals surface area contributed by atoms with Gasteiger partial charge in [0.15, 0.2) is 5.69 Å². The van der Waals surface area contributed by atoms with Crippen LogP contribution in [0.4, 0.5) is 13.2 Å². The zero-order chi connectivity index (χ0) is 21.2. The molecule has 3 rings (SSSR count). The maximum Gasteiger partial charge on any atom is 0.416 e. The molecule has 0 atom stereocenters. The van der Waals surface area contributed by atoms with Gasteiger partial charge < -0.3 is 5.32 Å². The molecule has 1 aromatic heterocycles. The number of alkyl halides is 3. The van der Waals surface area contributed by atoms with Crippen LogP contribution < -0.4 is 10.9 Å². The number of rotatable bonds is 5. The van der Waals surface area contributed by atoms with Gasteiger partial charge in [0.1, 0.15) is 0 Å². The van der Waals surface area contributed by atoms with Crippen molar-refractivity contribution < 1.29 is 18.0 Å². The van der Waals surface area contributed by atoms with Gasteiger partial charge >= 0.3 is 6.18 Å². The fourth-order valence-electron chi connectivity index (χ4n) is 2.99. The van der Waals surface area contributed by atoms with Gasteiger partial charge in [0.2, 0.25) is 0 Å². The van der Waals surface area contributed by atoms with Gasteiger partial charge in [0, 0.05) is 11.9 Å². The van der Waals surface area contributed by atoms with Crippen LogP contribution in [-0.4, -0.2) is 22.2 Å². The van der Waals surface area contributed by atoms with Gasteiger partial charge in [-0.2, -0.15) is 18.3 Å². The van der Waals surface area contributed by atoms with Crippen molar-refractivity contribution in [2.45, 2.75) is 32.5 Å². The molecule has 8 heteroatoms. The van der Waals surface area contributed by atoms with E-state index in [1.807, 2.05) is 0 Å². The Labute approximate surface area is 165 Å². The van der Waals surface area contributed by atoms with E-state index in [1.165, 1.54) is 16.8 Å². The number of nitrogens with zero attached hydrogens (tertiary/aromatic N) is 2. The largest absolute Gasteiger partial charge is 0.416 e. The number of nitrogens with one attached hydrogen (secondary N) is 1. The molecular formula is C21H20F3N3O2. The number of halogens is 3. The van der Waals surface area contributed by atoms with E-state index < -0.39 is 17.6 Å². The molecule has 0 unspecified atom stereocenters. The van der Waals surface area contributed by atoms with E-state index in [0.717, 1.165) is 12.1 Å². The van der Waals surface area contributed by atoms with Crippen LogP contribution in [0, 0.1) is 0 Å². The summed E-state index contributed by atoms with van der Waals surface area (Å²) in [6.45, 7) is 3.83. The topological polar surface area (TPSA) is 64.0 Å². The summed E-state index contributed by atoms with van der Waals surface area (Å²) in [5.74, 6) is -0.442. The third-order valence-corrected chi connectivity index (χ3v) is 4.51. The molecule has 0 bridgehead atoms. The monoisotopic (exact) mass is 403 g/mol. The van der Waals surface area contributed by atoms with E-state index in [4.69, 9.17) is 0 Å². The molecule has 2 aromatic carbocycles. The Morgan fingerprint density at radius 2 is 1.69 bits per heavy atom. The Morgan fingerprint density at radius 1 is 1.07 bits per heavy atom. The van der Waals surface area contributed by atoms with Gasteiger partial charge in [-0.15, -0.1) is 0 Å². The van der Waals surface area contributed by atoms with Crippen LogP contribution in [-0.2, 0) is 12.6 Å². The lowest BCUT2D eigenvalue weighted by Crippen LogP contribution is -2.32. The molecule has 0 aliphatic carbocycles. The molecule has 0 saturated carbocycles. The van der Waals surface area contributed by atoms with Crippen molar-refractivity contribution in [2.24, 2.45) is 0 Å². The maximum absolute atomic E-state index is 12.7. The fourth-order valence-corrected chi connectivity index (χ4v) is 2.99. The summed E-state index contributed by atoms with van der Waals surface area (Å²) in [6.07, 6.45) is -4.01. The molecular weight excluding hydrogens is 383 g/mol. The number of hydrogen-bond acceptors (Lipinski definition) is 3. The van der Waals surface area contributed by atoms with Gasteiger partial charge in [-0.1, -0.05) is 30.3 Å². The zero-order valence-corrected chi connectivity index (χ0v) is 16.0. The number of hydrogen-bond donors (Lipinski definition) is 1. The minimum Gasteiger partial charge on any atom is -0.350 e. The Bertz CT molecular complexity index is 1090. The van der Waals surface area contributed by atoms with Gasteiger partial charge in [0.05, 0.1) is 17.0 Å². The van der Waals surface area contributed by atoms with E-state index in [0.29, 0.717) is 22.8 Å². The van der Waals surface area contributed by atoms with E-state index in [2.05, 4.69) is 10.4 Å². The summed E-state index contributed by atoms with van der Waals surface area (Å²) in [7, 11) is 0. The van der Waals surface area contributed by atoms with Crippen LogP contribution in [0.2, 0.25) is 0 Å². The predicted molar refractivity (Wildman–Crippen MR) is 104 cm³/mol. The number of carbonyl (C=O) groups is 1. The van der Waals surface area contributed by atoms with Gasteiger partial charge in [-0.25, -0.2) is 4.68 Å². The Morgan fingerprint density at radius 3 is 2.28 bits per heavy atom. The smallest absolute Gasteiger partial charge is 0.350 e. The average Bonchev–Trinajstić information content (AvgIpc) is 2.68. The number of benzene rings is 2. The normalized spacial score (nSPS) is 11.8. The highest BCUT2D eigenvalue weighted by Gasteiger charge is 2.29. The van der Waals surface area contributed by atoms with Crippen molar-refractivity contribution in [2.75, 3.05) is 6.54 Å². The van der Waals surface area contributed by atoms with Crippen molar-refractivity contribution in [3.05, 3.63) is 75.7 Å². The van der Waals surface area contributed by atoms with Crippen LogP contribution in [0.3, 0.4) is 0 Å². The molecule has 152 valence electrons. The summed E-state index contributed by atoms with van der Waals surface area (Å²) >= 11 is 0. The van der Waals surface area contributed by atoms with Crippen LogP contribution >= 0.6 is 0 Å². The maximum atomic E-state index is 12.7. The standard InChI is InChI=1S/C21H20F3N3O2/c1-13(2)27-20(29)17-6-4-3-5-16(17)18(26-27)19(28)25-12-11-14-7-9-15(10-8-14)21(22,23)24/h3-10,13H,11-12H2,1-2H3,(H,25,28). The summed E-state index contributed by atoms with van der Waals surface area (Å²) in [5.41, 5.74) is -0.168. The number of aromatic nitrogens is 2. The molecule has 3 aromatic rings. The second-order valence-corrected chi connectivity index (χ2v) is 6.94. The summed E-state index contributed by atoms with van der Waals surface area (Å²) in [5, 5.41) is 7.83. The molecule has 1 amide bonds. The SMILES string of the molecule is CC(C)n1nc(C(=O)NCCc2ccc(C(F)(F)F)cc2)c2ccccc2c1=O. The van der Waals surface area contributed by atoms with Crippen LogP contribution in [0.15, 0.2) is 53.3 Å². The summed E-state index contributed by atoms with van der Waals surface area (Å²) in [6, 6.07) is 11.4. The lowest BCUT2D eigenvalue weighted by atomic mass is 10.1.